The zero-order valence-corrected chi connectivity index (χ0v) is 12.4. The summed E-state index contributed by atoms with van der Waals surface area (Å²) in [4.78, 5) is 5.76. The normalized spacial score (nSPS) is 12.7. The van der Waals surface area contributed by atoms with Crippen LogP contribution in [-0.4, -0.2) is 11.5 Å². The molecule has 1 atom stereocenters. The summed E-state index contributed by atoms with van der Waals surface area (Å²) >= 11 is 8.04. The third-order valence-corrected chi connectivity index (χ3v) is 4.31. The second-order valence-electron chi connectivity index (χ2n) is 4.19. The molecule has 2 nitrogen and oxygen atoms in total. The monoisotopic (exact) mass is 280 g/mol. The van der Waals surface area contributed by atoms with E-state index in [2.05, 4.69) is 30.2 Å². The molecule has 1 aromatic carbocycles. The summed E-state index contributed by atoms with van der Waals surface area (Å²) in [5, 5.41) is 5.39. The highest BCUT2D eigenvalue weighted by Gasteiger charge is 2.20. The third kappa shape index (κ3) is 2.74. The van der Waals surface area contributed by atoms with Crippen molar-refractivity contribution in [3.8, 4) is 0 Å². The molecule has 0 amide bonds. The van der Waals surface area contributed by atoms with Crippen molar-refractivity contribution < 1.29 is 0 Å². The minimum absolute atomic E-state index is 0.134. The number of rotatable bonds is 4. The average Bonchev–Trinajstić information content (AvgIpc) is 2.66. The number of aryl methyl sites for hydroxylation is 2. The lowest BCUT2D eigenvalue weighted by atomic mass is 10.0. The lowest BCUT2D eigenvalue weighted by Crippen LogP contribution is -2.22. The van der Waals surface area contributed by atoms with Crippen LogP contribution in [0.1, 0.15) is 34.1 Å². The molecule has 2 rings (SSSR count). The fourth-order valence-electron chi connectivity index (χ4n) is 2.07. The Labute approximate surface area is 117 Å². The summed E-state index contributed by atoms with van der Waals surface area (Å²) < 4.78 is 0. The number of hydrogen-bond donors (Lipinski definition) is 1. The van der Waals surface area contributed by atoms with Crippen LogP contribution >= 0.6 is 22.9 Å². The number of hydrogen-bond acceptors (Lipinski definition) is 3. The molecule has 18 heavy (non-hydrogen) atoms. The van der Waals surface area contributed by atoms with Crippen LogP contribution in [0.5, 0.6) is 0 Å². The quantitative estimate of drug-likeness (QED) is 0.912. The molecule has 1 aromatic heterocycles. The predicted octanol–water partition coefficient (Wildman–Crippen LogP) is 4.11. The van der Waals surface area contributed by atoms with Gasteiger partial charge in [-0.3, -0.25) is 0 Å². The molecule has 0 spiro atoms. The first-order valence-electron chi connectivity index (χ1n) is 6.05. The zero-order chi connectivity index (χ0) is 13.1. The topological polar surface area (TPSA) is 24.9 Å². The van der Waals surface area contributed by atoms with Gasteiger partial charge in [0.2, 0.25) is 0 Å². The van der Waals surface area contributed by atoms with Gasteiger partial charge < -0.3 is 5.32 Å². The summed E-state index contributed by atoms with van der Waals surface area (Å²) in [6, 6.07) is 8.12. The molecule has 2 aromatic rings. The first-order valence-corrected chi connectivity index (χ1v) is 7.24. The summed E-state index contributed by atoms with van der Waals surface area (Å²) in [5.41, 5.74) is 2.20. The predicted molar refractivity (Wildman–Crippen MR) is 78.6 cm³/mol. The van der Waals surface area contributed by atoms with Gasteiger partial charge in [0.25, 0.3) is 0 Å². The Morgan fingerprint density at radius 3 is 2.61 bits per heavy atom. The molecule has 96 valence electrons. The van der Waals surface area contributed by atoms with Gasteiger partial charge in [0, 0.05) is 9.90 Å². The number of thiazole rings is 1. The Morgan fingerprint density at radius 2 is 2.06 bits per heavy atom. The van der Waals surface area contributed by atoms with Gasteiger partial charge in [0.15, 0.2) is 0 Å². The molecule has 0 radical (unpaired) electrons. The van der Waals surface area contributed by atoms with Crippen LogP contribution in [0.15, 0.2) is 24.3 Å². The molecule has 0 aliphatic carbocycles. The van der Waals surface area contributed by atoms with Crippen molar-refractivity contribution in [3.63, 3.8) is 0 Å². The maximum absolute atomic E-state index is 6.31. The van der Waals surface area contributed by atoms with E-state index in [0.29, 0.717) is 0 Å². The number of nitrogens with zero attached hydrogens (tertiary/aromatic N) is 1. The zero-order valence-electron chi connectivity index (χ0n) is 10.8. The highest BCUT2D eigenvalue weighted by Crippen LogP contribution is 2.33. The van der Waals surface area contributed by atoms with Crippen molar-refractivity contribution in [1.29, 1.82) is 0 Å². The van der Waals surface area contributed by atoms with Crippen molar-refractivity contribution in [3.05, 3.63) is 50.4 Å². The van der Waals surface area contributed by atoms with E-state index in [-0.39, 0.29) is 6.04 Å². The number of nitrogens with one attached hydrogen (secondary N) is 1. The van der Waals surface area contributed by atoms with Crippen LogP contribution in [0.3, 0.4) is 0 Å². The Hall–Kier alpha value is -0.900. The molecule has 0 aliphatic heterocycles. The molecule has 1 unspecified atom stereocenters. The second-order valence-corrected chi connectivity index (χ2v) is 5.84. The fraction of sp³-hybridized carbons (Fsp3) is 0.357. The molecular weight excluding hydrogens is 264 g/mol. The highest BCUT2D eigenvalue weighted by atomic mass is 35.5. The van der Waals surface area contributed by atoms with Gasteiger partial charge in [-0.2, -0.15) is 0 Å². The molecule has 1 N–H and O–H groups in total. The minimum atomic E-state index is 0.134. The Morgan fingerprint density at radius 1 is 1.33 bits per heavy atom. The largest absolute Gasteiger partial charge is 0.306 e. The van der Waals surface area contributed by atoms with Crippen LogP contribution in [-0.2, 0) is 0 Å². The van der Waals surface area contributed by atoms with E-state index in [1.54, 1.807) is 11.3 Å². The van der Waals surface area contributed by atoms with Crippen molar-refractivity contribution >= 4 is 22.9 Å². The second kappa shape index (κ2) is 5.83. The van der Waals surface area contributed by atoms with Crippen LogP contribution in [0.4, 0.5) is 0 Å². The minimum Gasteiger partial charge on any atom is -0.306 e. The van der Waals surface area contributed by atoms with Crippen LogP contribution in [0.2, 0.25) is 5.02 Å². The number of aromatic nitrogens is 1. The van der Waals surface area contributed by atoms with Gasteiger partial charge in [0.1, 0.15) is 0 Å². The van der Waals surface area contributed by atoms with E-state index in [1.165, 1.54) is 4.88 Å². The van der Waals surface area contributed by atoms with E-state index in [1.807, 2.05) is 25.1 Å². The fourth-order valence-corrected chi connectivity index (χ4v) is 3.34. The lowest BCUT2D eigenvalue weighted by molar-refractivity contribution is 0.636. The van der Waals surface area contributed by atoms with E-state index in [4.69, 9.17) is 11.6 Å². The Kier molecular flexibility index (Phi) is 4.38. The SMILES string of the molecule is CCNC(c1ccccc1Cl)c1sc(C)nc1C. The van der Waals surface area contributed by atoms with Gasteiger partial charge in [-0.1, -0.05) is 36.7 Å². The van der Waals surface area contributed by atoms with E-state index >= 15 is 0 Å². The van der Waals surface area contributed by atoms with Gasteiger partial charge in [-0.15, -0.1) is 11.3 Å². The van der Waals surface area contributed by atoms with Crippen molar-refractivity contribution in [2.75, 3.05) is 6.54 Å². The van der Waals surface area contributed by atoms with Crippen LogP contribution in [0.25, 0.3) is 0 Å². The highest BCUT2D eigenvalue weighted by molar-refractivity contribution is 7.11. The first-order chi connectivity index (χ1) is 8.63. The third-order valence-electron chi connectivity index (χ3n) is 2.83. The summed E-state index contributed by atoms with van der Waals surface area (Å²) in [5.74, 6) is 0. The molecule has 1 heterocycles. The molecule has 0 bridgehead atoms. The van der Waals surface area contributed by atoms with Crippen molar-refractivity contribution in [2.24, 2.45) is 0 Å². The summed E-state index contributed by atoms with van der Waals surface area (Å²) in [7, 11) is 0. The maximum Gasteiger partial charge on any atom is 0.0900 e. The van der Waals surface area contributed by atoms with Gasteiger partial charge in [0.05, 0.1) is 16.7 Å². The molecular formula is C14H17ClN2S. The maximum atomic E-state index is 6.31. The van der Waals surface area contributed by atoms with Crippen LogP contribution < -0.4 is 5.32 Å². The van der Waals surface area contributed by atoms with Gasteiger partial charge >= 0.3 is 0 Å². The van der Waals surface area contributed by atoms with Crippen molar-refractivity contribution in [2.45, 2.75) is 26.8 Å². The Bertz CT molecular complexity index is 536. The molecule has 0 saturated carbocycles. The molecule has 0 saturated heterocycles. The number of benzene rings is 1. The van der Waals surface area contributed by atoms with E-state index in [0.717, 1.165) is 27.8 Å². The van der Waals surface area contributed by atoms with Gasteiger partial charge in [-0.05, 0) is 32.0 Å². The van der Waals surface area contributed by atoms with Gasteiger partial charge in [-0.25, -0.2) is 4.98 Å². The van der Waals surface area contributed by atoms with Crippen LogP contribution in [0, 0.1) is 13.8 Å². The first kappa shape index (κ1) is 13.5. The van der Waals surface area contributed by atoms with Crippen molar-refractivity contribution in [1.82, 2.24) is 10.3 Å². The lowest BCUT2D eigenvalue weighted by Gasteiger charge is -2.18. The number of halogens is 1. The van der Waals surface area contributed by atoms with E-state index < -0.39 is 0 Å². The smallest absolute Gasteiger partial charge is 0.0900 e. The molecule has 0 aliphatic rings. The average molecular weight is 281 g/mol. The standard InChI is InChI=1S/C14H17ClN2S/c1-4-16-13(11-7-5-6-8-12(11)15)14-9(2)17-10(3)18-14/h5-8,13,16H,4H2,1-3H3. The molecule has 0 fully saturated rings. The summed E-state index contributed by atoms with van der Waals surface area (Å²) in [6.45, 7) is 7.09. The molecule has 4 heteroatoms. The summed E-state index contributed by atoms with van der Waals surface area (Å²) in [6.07, 6.45) is 0. The van der Waals surface area contributed by atoms with E-state index in [9.17, 15) is 0 Å². The Balaban J connectivity index is 2.46.